The monoisotopic (exact) mass is 269 g/mol. The Morgan fingerprint density at radius 1 is 1.21 bits per heavy atom. The molecule has 2 N–H and O–H groups in total. The number of rotatable bonds is 4. The van der Waals surface area contributed by atoms with Gasteiger partial charge in [-0.3, -0.25) is 0 Å². The molecule has 1 rings (SSSR count). The number of aliphatic hydroxyl groups is 2. The molecule has 1 aromatic heterocycles. The van der Waals surface area contributed by atoms with Gasteiger partial charge in [0.2, 0.25) is 0 Å². The van der Waals surface area contributed by atoms with Crippen molar-refractivity contribution in [3.8, 4) is 0 Å². The minimum atomic E-state index is -1.22. The van der Waals surface area contributed by atoms with E-state index in [4.69, 9.17) is 0 Å². The van der Waals surface area contributed by atoms with Crippen molar-refractivity contribution in [3.63, 3.8) is 0 Å². The summed E-state index contributed by atoms with van der Waals surface area (Å²) in [5.41, 5.74) is -0.148. The van der Waals surface area contributed by atoms with Gasteiger partial charge >= 0.3 is 11.9 Å². The van der Waals surface area contributed by atoms with E-state index in [1.165, 1.54) is 19.2 Å². The number of carbonyl (C=O) groups excluding carboxylic acids is 2. The Kier molecular flexibility index (Phi) is 4.96. The van der Waals surface area contributed by atoms with Crippen molar-refractivity contribution in [1.29, 1.82) is 0 Å². The predicted octanol–water partition coefficient (Wildman–Crippen LogP) is 0.0690. The third-order valence-corrected chi connectivity index (χ3v) is 2.49. The normalized spacial score (nSPS) is 13.5. The summed E-state index contributed by atoms with van der Waals surface area (Å²) in [5.74, 6) is -1.58. The molecule has 0 amide bonds. The van der Waals surface area contributed by atoms with Gasteiger partial charge in [-0.05, 0) is 13.0 Å². The number of nitrogens with zero attached hydrogens (tertiary/aromatic N) is 1. The fraction of sp³-hybridized carbons (Fsp3) is 0.417. The van der Waals surface area contributed by atoms with Crippen LogP contribution in [0, 0.1) is 0 Å². The van der Waals surface area contributed by atoms with Gasteiger partial charge in [0.1, 0.15) is 6.10 Å². The van der Waals surface area contributed by atoms with Crippen LogP contribution in [0.4, 0.5) is 0 Å². The Balaban J connectivity index is 3.30. The summed E-state index contributed by atoms with van der Waals surface area (Å²) in [7, 11) is 2.31. The fourth-order valence-electron chi connectivity index (χ4n) is 1.45. The second-order valence-electron chi connectivity index (χ2n) is 3.83. The SMILES string of the molecule is COC(=O)c1cc(C(O)C(C)O)cnc1C(=O)OC. The van der Waals surface area contributed by atoms with Crippen molar-refractivity contribution < 1.29 is 29.3 Å². The molecule has 1 heterocycles. The van der Waals surface area contributed by atoms with Crippen molar-refractivity contribution in [1.82, 2.24) is 4.98 Å². The molecule has 7 heteroatoms. The first kappa shape index (κ1) is 15.1. The van der Waals surface area contributed by atoms with Gasteiger partial charge in [-0.15, -0.1) is 0 Å². The van der Waals surface area contributed by atoms with E-state index >= 15 is 0 Å². The van der Waals surface area contributed by atoms with E-state index in [-0.39, 0.29) is 16.8 Å². The first-order chi connectivity index (χ1) is 8.92. The van der Waals surface area contributed by atoms with E-state index in [0.29, 0.717) is 0 Å². The van der Waals surface area contributed by atoms with E-state index in [1.54, 1.807) is 0 Å². The summed E-state index contributed by atoms with van der Waals surface area (Å²) < 4.78 is 9.03. The second kappa shape index (κ2) is 6.26. The lowest BCUT2D eigenvalue weighted by Crippen LogP contribution is -2.18. The Morgan fingerprint density at radius 2 is 1.79 bits per heavy atom. The Labute approximate surface area is 109 Å². The predicted molar refractivity (Wildman–Crippen MR) is 63.6 cm³/mol. The molecule has 2 unspecified atom stereocenters. The van der Waals surface area contributed by atoms with Crippen LogP contribution >= 0.6 is 0 Å². The van der Waals surface area contributed by atoms with E-state index < -0.39 is 24.1 Å². The van der Waals surface area contributed by atoms with Crippen LogP contribution in [0.3, 0.4) is 0 Å². The number of carbonyl (C=O) groups is 2. The van der Waals surface area contributed by atoms with Crippen LogP contribution in [-0.2, 0) is 9.47 Å². The van der Waals surface area contributed by atoms with Crippen molar-refractivity contribution >= 4 is 11.9 Å². The standard InChI is InChI=1S/C12H15NO6/c1-6(14)10(15)7-4-8(11(16)18-2)9(13-5-7)12(17)19-3/h4-6,10,14-15H,1-3H3. The highest BCUT2D eigenvalue weighted by Gasteiger charge is 2.23. The number of esters is 2. The highest BCUT2D eigenvalue weighted by Crippen LogP contribution is 2.20. The lowest BCUT2D eigenvalue weighted by Gasteiger charge is -2.15. The number of pyridine rings is 1. The van der Waals surface area contributed by atoms with Crippen molar-refractivity contribution in [3.05, 3.63) is 29.1 Å². The molecule has 1 aromatic rings. The lowest BCUT2D eigenvalue weighted by molar-refractivity contribution is 0.0300. The van der Waals surface area contributed by atoms with Crippen LogP contribution in [-0.4, -0.2) is 47.5 Å². The zero-order valence-corrected chi connectivity index (χ0v) is 10.8. The van der Waals surface area contributed by atoms with Gasteiger partial charge in [-0.1, -0.05) is 0 Å². The summed E-state index contributed by atoms with van der Waals surface area (Å²) in [4.78, 5) is 26.8. The molecule has 2 atom stereocenters. The number of aromatic nitrogens is 1. The molecule has 104 valence electrons. The van der Waals surface area contributed by atoms with Gasteiger partial charge in [0, 0.05) is 11.8 Å². The minimum Gasteiger partial charge on any atom is -0.465 e. The van der Waals surface area contributed by atoms with Gasteiger partial charge in [-0.2, -0.15) is 0 Å². The summed E-state index contributed by atoms with van der Waals surface area (Å²) in [6, 6.07) is 1.24. The molecule has 7 nitrogen and oxygen atoms in total. The van der Waals surface area contributed by atoms with Gasteiger partial charge in [0.15, 0.2) is 5.69 Å². The minimum absolute atomic E-state index is 0.133. The maximum Gasteiger partial charge on any atom is 0.357 e. The average molecular weight is 269 g/mol. The first-order valence-corrected chi connectivity index (χ1v) is 5.45. The summed E-state index contributed by atoms with van der Waals surface area (Å²) in [5, 5.41) is 19.0. The van der Waals surface area contributed by atoms with Crippen molar-refractivity contribution in [2.24, 2.45) is 0 Å². The molecule has 0 spiro atoms. The molecule has 0 radical (unpaired) electrons. The van der Waals surface area contributed by atoms with E-state index in [1.807, 2.05) is 0 Å². The van der Waals surface area contributed by atoms with Gasteiger partial charge < -0.3 is 19.7 Å². The number of methoxy groups -OCH3 is 2. The summed E-state index contributed by atoms with van der Waals surface area (Å²) in [6.45, 7) is 1.39. The molecule has 0 aliphatic heterocycles. The van der Waals surface area contributed by atoms with Crippen LogP contribution in [0.1, 0.15) is 39.4 Å². The molecule has 0 aromatic carbocycles. The molecular formula is C12H15NO6. The number of hydrogen-bond acceptors (Lipinski definition) is 7. The Morgan fingerprint density at radius 3 is 2.26 bits per heavy atom. The maximum atomic E-state index is 11.6. The zero-order valence-electron chi connectivity index (χ0n) is 10.8. The molecule has 0 saturated carbocycles. The van der Waals surface area contributed by atoms with Crippen molar-refractivity contribution in [2.75, 3.05) is 14.2 Å². The second-order valence-corrected chi connectivity index (χ2v) is 3.83. The largest absolute Gasteiger partial charge is 0.465 e. The van der Waals surface area contributed by atoms with Gasteiger partial charge in [0.25, 0.3) is 0 Å². The quantitative estimate of drug-likeness (QED) is 0.745. The summed E-state index contributed by atoms with van der Waals surface area (Å²) in [6.07, 6.45) is -1.07. The molecule has 0 aliphatic carbocycles. The molecule has 0 bridgehead atoms. The summed E-state index contributed by atoms with van der Waals surface area (Å²) >= 11 is 0. The van der Waals surface area contributed by atoms with Gasteiger partial charge in [0.05, 0.1) is 25.9 Å². The fourth-order valence-corrected chi connectivity index (χ4v) is 1.45. The zero-order chi connectivity index (χ0) is 14.6. The van der Waals surface area contributed by atoms with Crippen LogP contribution in [0.15, 0.2) is 12.3 Å². The average Bonchev–Trinajstić information content (AvgIpc) is 2.43. The molecule has 0 saturated heterocycles. The van der Waals surface area contributed by atoms with Crippen LogP contribution < -0.4 is 0 Å². The first-order valence-electron chi connectivity index (χ1n) is 5.45. The Hall–Kier alpha value is -1.99. The highest BCUT2D eigenvalue weighted by atomic mass is 16.5. The highest BCUT2D eigenvalue weighted by molar-refractivity contribution is 6.01. The molecule has 0 aliphatic rings. The number of hydrogen-bond donors (Lipinski definition) is 2. The molecule has 19 heavy (non-hydrogen) atoms. The third-order valence-electron chi connectivity index (χ3n) is 2.49. The smallest absolute Gasteiger partial charge is 0.357 e. The maximum absolute atomic E-state index is 11.6. The lowest BCUT2D eigenvalue weighted by atomic mass is 10.0. The van der Waals surface area contributed by atoms with Crippen molar-refractivity contribution in [2.45, 2.75) is 19.1 Å². The van der Waals surface area contributed by atoms with E-state index in [2.05, 4.69) is 14.5 Å². The molecular weight excluding hydrogens is 254 g/mol. The van der Waals surface area contributed by atoms with Gasteiger partial charge in [-0.25, -0.2) is 14.6 Å². The van der Waals surface area contributed by atoms with Crippen LogP contribution in [0.5, 0.6) is 0 Å². The van der Waals surface area contributed by atoms with E-state index in [9.17, 15) is 19.8 Å². The Bertz CT molecular complexity index is 485. The van der Waals surface area contributed by atoms with Crippen LogP contribution in [0.2, 0.25) is 0 Å². The topological polar surface area (TPSA) is 106 Å². The molecule has 0 fully saturated rings. The van der Waals surface area contributed by atoms with E-state index in [0.717, 1.165) is 14.2 Å². The van der Waals surface area contributed by atoms with Crippen LogP contribution in [0.25, 0.3) is 0 Å². The number of ether oxygens (including phenoxy) is 2. The third kappa shape index (κ3) is 3.27. The number of aliphatic hydroxyl groups excluding tert-OH is 2.